The predicted molar refractivity (Wildman–Crippen MR) is 54.9 cm³/mol. The van der Waals surface area contributed by atoms with Gasteiger partial charge in [-0.1, -0.05) is 12.1 Å². The molecule has 1 aromatic heterocycles. The van der Waals surface area contributed by atoms with E-state index in [-0.39, 0.29) is 0 Å². The number of H-pyrrole nitrogens is 1. The molecule has 4 nitrogen and oxygen atoms in total. The fourth-order valence-electron chi connectivity index (χ4n) is 1.36. The second-order valence-corrected chi connectivity index (χ2v) is 3.22. The number of nitrogens with zero attached hydrogens (tertiary/aromatic N) is 3. The van der Waals surface area contributed by atoms with Crippen LogP contribution in [0.5, 0.6) is 0 Å². The average Bonchev–Trinajstić information content (AvgIpc) is 2.80. The third-order valence-electron chi connectivity index (χ3n) is 2.19. The van der Waals surface area contributed by atoms with Gasteiger partial charge in [0.25, 0.3) is 0 Å². The Labute approximate surface area is 87.6 Å². The van der Waals surface area contributed by atoms with E-state index in [1.54, 1.807) is 6.33 Å². The number of hydrogen-bond donors (Lipinski definition) is 1. The maximum atomic E-state index is 8.63. The Bertz CT molecular complexity index is 450. The molecule has 1 N–H and O–H groups in total. The standard InChI is InChI=1S/C11H10N4/c12-7-10-3-1-9(2-4-10)5-6-11-13-8-14-15-11/h1-4,8H,5-6H2,(H,13,14,15). The van der Waals surface area contributed by atoms with Gasteiger partial charge < -0.3 is 0 Å². The van der Waals surface area contributed by atoms with Gasteiger partial charge in [-0.3, -0.25) is 5.10 Å². The minimum atomic E-state index is 0.691. The Kier molecular flexibility index (Phi) is 2.75. The van der Waals surface area contributed by atoms with Crippen LogP contribution in [0.25, 0.3) is 0 Å². The Hall–Kier alpha value is -2.15. The lowest BCUT2D eigenvalue weighted by Crippen LogP contribution is -1.93. The summed E-state index contributed by atoms with van der Waals surface area (Å²) in [6, 6.07) is 9.67. The van der Waals surface area contributed by atoms with Crippen molar-refractivity contribution in [1.82, 2.24) is 15.2 Å². The van der Waals surface area contributed by atoms with E-state index in [0.717, 1.165) is 18.7 Å². The summed E-state index contributed by atoms with van der Waals surface area (Å²) in [5.74, 6) is 0.819. The molecule has 0 saturated carbocycles. The molecule has 0 fully saturated rings. The summed E-state index contributed by atoms with van der Waals surface area (Å²) >= 11 is 0. The zero-order chi connectivity index (χ0) is 10.5. The normalized spacial score (nSPS) is 9.80. The molecule has 0 amide bonds. The van der Waals surface area contributed by atoms with Crippen LogP contribution >= 0.6 is 0 Å². The van der Waals surface area contributed by atoms with Crippen molar-refractivity contribution < 1.29 is 0 Å². The number of aromatic nitrogens is 3. The number of nitrogens with one attached hydrogen (secondary N) is 1. The maximum Gasteiger partial charge on any atom is 0.150 e. The first-order valence-corrected chi connectivity index (χ1v) is 4.72. The van der Waals surface area contributed by atoms with Crippen molar-refractivity contribution in [1.29, 1.82) is 5.26 Å². The van der Waals surface area contributed by atoms with Gasteiger partial charge in [0.05, 0.1) is 11.6 Å². The molecule has 2 aromatic rings. The van der Waals surface area contributed by atoms with Crippen LogP contribution in [-0.2, 0) is 12.8 Å². The Morgan fingerprint density at radius 3 is 2.60 bits per heavy atom. The second-order valence-electron chi connectivity index (χ2n) is 3.22. The Morgan fingerprint density at radius 1 is 1.20 bits per heavy atom. The zero-order valence-electron chi connectivity index (χ0n) is 8.14. The van der Waals surface area contributed by atoms with Gasteiger partial charge in [0.1, 0.15) is 6.33 Å². The minimum Gasteiger partial charge on any atom is -0.266 e. The summed E-state index contributed by atoms with van der Waals surface area (Å²) in [6.45, 7) is 0. The average molecular weight is 198 g/mol. The molecule has 74 valence electrons. The highest BCUT2D eigenvalue weighted by Gasteiger charge is 1.98. The molecule has 0 saturated heterocycles. The maximum absolute atomic E-state index is 8.63. The molecule has 2 rings (SSSR count). The number of nitriles is 1. The van der Waals surface area contributed by atoms with Gasteiger partial charge in [-0.2, -0.15) is 10.4 Å². The fraction of sp³-hybridized carbons (Fsp3) is 0.182. The van der Waals surface area contributed by atoms with Crippen molar-refractivity contribution in [3.8, 4) is 6.07 Å². The summed E-state index contributed by atoms with van der Waals surface area (Å²) in [4.78, 5) is 4.05. The lowest BCUT2D eigenvalue weighted by atomic mass is 10.1. The Morgan fingerprint density at radius 2 is 2.00 bits per heavy atom. The van der Waals surface area contributed by atoms with Crippen molar-refractivity contribution in [2.45, 2.75) is 12.8 Å². The van der Waals surface area contributed by atoms with Gasteiger partial charge in [-0.25, -0.2) is 4.98 Å². The van der Waals surface area contributed by atoms with E-state index in [4.69, 9.17) is 5.26 Å². The van der Waals surface area contributed by atoms with Gasteiger partial charge in [0, 0.05) is 6.42 Å². The molecule has 1 aromatic carbocycles. The molecule has 0 bridgehead atoms. The van der Waals surface area contributed by atoms with E-state index in [1.807, 2.05) is 24.3 Å². The van der Waals surface area contributed by atoms with Crippen molar-refractivity contribution >= 4 is 0 Å². The topological polar surface area (TPSA) is 65.4 Å². The van der Waals surface area contributed by atoms with E-state index in [0.29, 0.717) is 5.56 Å². The van der Waals surface area contributed by atoms with Crippen LogP contribution in [0.1, 0.15) is 17.0 Å². The van der Waals surface area contributed by atoms with Crippen LogP contribution in [0.15, 0.2) is 30.6 Å². The molecule has 1 heterocycles. The van der Waals surface area contributed by atoms with Gasteiger partial charge in [0.2, 0.25) is 0 Å². The van der Waals surface area contributed by atoms with Gasteiger partial charge in [0.15, 0.2) is 5.82 Å². The van der Waals surface area contributed by atoms with Crippen LogP contribution in [0.2, 0.25) is 0 Å². The number of hydrogen-bond acceptors (Lipinski definition) is 3. The van der Waals surface area contributed by atoms with E-state index in [2.05, 4.69) is 21.3 Å². The van der Waals surface area contributed by atoms with Gasteiger partial charge in [-0.15, -0.1) is 0 Å². The monoisotopic (exact) mass is 198 g/mol. The first kappa shape index (κ1) is 9.41. The third kappa shape index (κ3) is 2.41. The van der Waals surface area contributed by atoms with Crippen molar-refractivity contribution in [2.75, 3.05) is 0 Å². The van der Waals surface area contributed by atoms with E-state index < -0.39 is 0 Å². The molecular formula is C11H10N4. The van der Waals surface area contributed by atoms with Crippen LogP contribution in [-0.4, -0.2) is 15.2 Å². The highest BCUT2D eigenvalue weighted by atomic mass is 15.2. The van der Waals surface area contributed by atoms with Gasteiger partial charge in [-0.05, 0) is 24.1 Å². The Balaban J connectivity index is 1.97. The molecule has 0 aliphatic heterocycles. The van der Waals surface area contributed by atoms with E-state index >= 15 is 0 Å². The van der Waals surface area contributed by atoms with Gasteiger partial charge >= 0.3 is 0 Å². The smallest absolute Gasteiger partial charge is 0.150 e. The summed E-state index contributed by atoms with van der Waals surface area (Å²) < 4.78 is 0. The van der Waals surface area contributed by atoms with Crippen LogP contribution in [0.4, 0.5) is 0 Å². The van der Waals surface area contributed by atoms with Crippen molar-refractivity contribution in [2.24, 2.45) is 0 Å². The number of aryl methyl sites for hydroxylation is 2. The summed E-state index contributed by atoms with van der Waals surface area (Å²) in [5, 5.41) is 15.3. The summed E-state index contributed by atoms with van der Waals surface area (Å²) in [7, 11) is 0. The van der Waals surface area contributed by atoms with Crippen LogP contribution < -0.4 is 0 Å². The lowest BCUT2D eigenvalue weighted by Gasteiger charge is -1.98. The SMILES string of the molecule is N#Cc1ccc(CCc2nc[nH]n2)cc1. The molecule has 0 spiro atoms. The lowest BCUT2D eigenvalue weighted by molar-refractivity contribution is 0.865. The van der Waals surface area contributed by atoms with Crippen molar-refractivity contribution in [3.05, 3.63) is 47.5 Å². The quantitative estimate of drug-likeness (QED) is 0.812. The minimum absolute atomic E-state index is 0.691. The molecule has 0 aliphatic carbocycles. The number of aromatic amines is 1. The number of benzene rings is 1. The zero-order valence-corrected chi connectivity index (χ0v) is 8.14. The predicted octanol–water partition coefficient (Wildman–Crippen LogP) is 1.46. The van der Waals surface area contributed by atoms with E-state index in [1.165, 1.54) is 5.56 Å². The number of rotatable bonds is 3. The third-order valence-corrected chi connectivity index (χ3v) is 2.19. The van der Waals surface area contributed by atoms with Crippen LogP contribution in [0.3, 0.4) is 0 Å². The molecule has 0 unspecified atom stereocenters. The van der Waals surface area contributed by atoms with Crippen LogP contribution in [0, 0.1) is 11.3 Å². The van der Waals surface area contributed by atoms with Crippen molar-refractivity contribution in [3.63, 3.8) is 0 Å². The highest BCUT2D eigenvalue weighted by Crippen LogP contribution is 2.06. The summed E-state index contributed by atoms with van der Waals surface area (Å²) in [6.07, 6.45) is 3.28. The summed E-state index contributed by atoms with van der Waals surface area (Å²) in [5.41, 5.74) is 1.88. The molecule has 0 atom stereocenters. The highest BCUT2D eigenvalue weighted by molar-refractivity contribution is 5.31. The molecular weight excluding hydrogens is 188 g/mol. The molecule has 15 heavy (non-hydrogen) atoms. The first-order valence-electron chi connectivity index (χ1n) is 4.72. The molecule has 4 heteroatoms. The van der Waals surface area contributed by atoms with E-state index in [9.17, 15) is 0 Å². The first-order chi connectivity index (χ1) is 7.38. The largest absolute Gasteiger partial charge is 0.266 e. The molecule has 0 aliphatic rings. The second kappa shape index (κ2) is 4.38. The fourth-order valence-corrected chi connectivity index (χ4v) is 1.36. The molecule has 0 radical (unpaired) electrons.